The van der Waals surface area contributed by atoms with Crippen molar-refractivity contribution < 1.29 is 19.4 Å². The van der Waals surface area contributed by atoms with Gasteiger partial charge in [0.2, 0.25) is 5.75 Å². The number of hydrogen-bond acceptors (Lipinski definition) is 5. The summed E-state index contributed by atoms with van der Waals surface area (Å²) in [6.45, 7) is 3.57. The highest BCUT2D eigenvalue weighted by atomic mass is 35.5. The summed E-state index contributed by atoms with van der Waals surface area (Å²) in [5.74, 6) is 0.406. The van der Waals surface area contributed by atoms with Crippen LogP contribution in [0.4, 0.5) is 4.79 Å². The average Bonchev–Trinajstić information content (AvgIpc) is 2.66. The normalized spacial score (nSPS) is 10.5. The third-order valence-corrected chi connectivity index (χ3v) is 4.78. The number of rotatable bonds is 4. The van der Waals surface area contributed by atoms with Gasteiger partial charge in [-0.3, -0.25) is 0 Å². The standard InChI is InChI=1S/C19H14Cl2N2O4/c1-10-8-13(16(21)11(2)15(10)20)26-18-14(27-19(24)25)9-22-17(23-18)12-6-4-3-5-7-12/h3-9H,1-2H3,(H,24,25). The van der Waals surface area contributed by atoms with Crippen molar-refractivity contribution in [3.05, 3.63) is 63.8 Å². The van der Waals surface area contributed by atoms with Gasteiger partial charge >= 0.3 is 6.16 Å². The lowest BCUT2D eigenvalue weighted by Gasteiger charge is -2.14. The van der Waals surface area contributed by atoms with Gasteiger partial charge in [0.1, 0.15) is 5.75 Å². The fourth-order valence-electron chi connectivity index (χ4n) is 2.40. The Morgan fingerprint density at radius 1 is 1.07 bits per heavy atom. The van der Waals surface area contributed by atoms with Crippen molar-refractivity contribution in [3.63, 3.8) is 0 Å². The summed E-state index contributed by atoms with van der Waals surface area (Å²) < 4.78 is 10.5. The van der Waals surface area contributed by atoms with E-state index in [9.17, 15) is 4.79 Å². The Bertz CT molecular complexity index is 1010. The monoisotopic (exact) mass is 404 g/mol. The Kier molecular flexibility index (Phi) is 5.48. The molecule has 0 aliphatic rings. The summed E-state index contributed by atoms with van der Waals surface area (Å²) in [6.07, 6.45) is -0.270. The summed E-state index contributed by atoms with van der Waals surface area (Å²) in [7, 11) is 0. The summed E-state index contributed by atoms with van der Waals surface area (Å²) in [4.78, 5) is 19.4. The number of aryl methyl sites for hydroxylation is 1. The predicted octanol–water partition coefficient (Wildman–Crippen LogP) is 5.92. The zero-order valence-corrected chi connectivity index (χ0v) is 15.9. The average molecular weight is 405 g/mol. The second-order valence-electron chi connectivity index (χ2n) is 5.64. The first-order valence-electron chi connectivity index (χ1n) is 7.83. The molecule has 8 heteroatoms. The van der Waals surface area contributed by atoms with E-state index >= 15 is 0 Å². The maximum atomic E-state index is 11.0. The van der Waals surface area contributed by atoms with Crippen molar-refractivity contribution in [2.45, 2.75) is 13.8 Å². The Labute approximate surface area is 165 Å². The zero-order valence-electron chi connectivity index (χ0n) is 14.4. The lowest BCUT2D eigenvalue weighted by atomic mass is 10.1. The maximum Gasteiger partial charge on any atom is 0.511 e. The molecule has 0 atom stereocenters. The van der Waals surface area contributed by atoms with Gasteiger partial charge in [-0.25, -0.2) is 9.78 Å². The first-order valence-corrected chi connectivity index (χ1v) is 8.58. The van der Waals surface area contributed by atoms with E-state index in [2.05, 4.69) is 9.97 Å². The van der Waals surface area contributed by atoms with Gasteiger partial charge in [0, 0.05) is 10.6 Å². The van der Waals surface area contributed by atoms with E-state index in [-0.39, 0.29) is 17.4 Å². The molecule has 0 fully saturated rings. The highest BCUT2D eigenvalue weighted by molar-refractivity contribution is 6.37. The van der Waals surface area contributed by atoms with Crippen molar-refractivity contribution in [2.24, 2.45) is 0 Å². The van der Waals surface area contributed by atoms with Crippen molar-refractivity contribution in [3.8, 4) is 28.8 Å². The Balaban J connectivity index is 2.08. The molecular weight excluding hydrogens is 391 g/mol. The van der Waals surface area contributed by atoms with Gasteiger partial charge < -0.3 is 14.6 Å². The molecule has 1 heterocycles. The number of halogens is 2. The minimum atomic E-state index is -1.51. The molecule has 2 aromatic carbocycles. The Morgan fingerprint density at radius 2 is 1.78 bits per heavy atom. The third-order valence-electron chi connectivity index (χ3n) is 3.73. The molecule has 0 amide bonds. The van der Waals surface area contributed by atoms with Crippen LogP contribution in [0.3, 0.4) is 0 Å². The van der Waals surface area contributed by atoms with Gasteiger partial charge in [0.05, 0.1) is 11.2 Å². The van der Waals surface area contributed by atoms with Gasteiger partial charge in [0.15, 0.2) is 5.82 Å². The molecule has 27 heavy (non-hydrogen) atoms. The van der Waals surface area contributed by atoms with Crippen LogP contribution >= 0.6 is 23.2 Å². The van der Waals surface area contributed by atoms with Crippen molar-refractivity contribution in [2.75, 3.05) is 0 Å². The highest BCUT2D eigenvalue weighted by Gasteiger charge is 2.18. The molecule has 0 aliphatic heterocycles. The molecule has 0 unspecified atom stereocenters. The molecule has 0 aliphatic carbocycles. The van der Waals surface area contributed by atoms with E-state index in [4.69, 9.17) is 37.8 Å². The first-order chi connectivity index (χ1) is 12.9. The second-order valence-corrected chi connectivity index (χ2v) is 6.40. The van der Waals surface area contributed by atoms with Crippen LogP contribution in [0.2, 0.25) is 10.0 Å². The number of carbonyl (C=O) groups is 1. The van der Waals surface area contributed by atoms with E-state index < -0.39 is 6.16 Å². The van der Waals surface area contributed by atoms with Crippen LogP contribution in [0.25, 0.3) is 11.4 Å². The van der Waals surface area contributed by atoms with Crippen molar-refractivity contribution >= 4 is 29.4 Å². The molecule has 3 aromatic rings. The van der Waals surface area contributed by atoms with E-state index in [1.807, 2.05) is 37.3 Å². The Hall–Kier alpha value is -2.83. The number of benzene rings is 2. The molecule has 3 rings (SSSR count). The molecule has 0 saturated carbocycles. The minimum Gasteiger partial charge on any atom is -0.449 e. The van der Waals surface area contributed by atoms with Gasteiger partial charge in [-0.2, -0.15) is 4.98 Å². The highest BCUT2D eigenvalue weighted by Crippen LogP contribution is 2.39. The van der Waals surface area contributed by atoms with Gasteiger partial charge in [0.25, 0.3) is 5.88 Å². The number of hydrogen-bond donors (Lipinski definition) is 1. The predicted molar refractivity (Wildman–Crippen MR) is 102 cm³/mol. The van der Waals surface area contributed by atoms with Crippen LogP contribution in [0, 0.1) is 13.8 Å². The number of aromatic nitrogens is 2. The smallest absolute Gasteiger partial charge is 0.449 e. The minimum absolute atomic E-state index is 0.0747. The largest absolute Gasteiger partial charge is 0.511 e. The zero-order chi connectivity index (χ0) is 19.6. The maximum absolute atomic E-state index is 11.0. The number of ether oxygens (including phenoxy) is 2. The molecule has 0 spiro atoms. The van der Waals surface area contributed by atoms with Crippen LogP contribution in [0.1, 0.15) is 11.1 Å². The number of carboxylic acid groups (broad SMARTS) is 1. The number of nitrogens with zero attached hydrogens (tertiary/aromatic N) is 2. The van der Waals surface area contributed by atoms with Crippen molar-refractivity contribution in [1.29, 1.82) is 0 Å². The summed E-state index contributed by atoms with van der Waals surface area (Å²) >= 11 is 12.5. The van der Waals surface area contributed by atoms with Gasteiger partial charge in [-0.05, 0) is 31.0 Å². The lowest BCUT2D eigenvalue weighted by molar-refractivity contribution is 0.142. The Morgan fingerprint density at radius 3 is 2.44 bits per heavy atom. The van der Waals surface area contributed by atoms with Crippen LogP contribution in [0.5, 0.6) is 17.4 Å². The van der Waals surface area contributed by atoms with Crippen LogP contribution in [-0.2, 0) is 0 Å². The SMILES string of the molecule is Cc1cc(Oc2nc(-c3ccccc3)ncc2OC(=O)O)c(Cl)c(C)c1Cl. The van der Waals surface area contributed by atoms with Crippen LogP contribution in [0.15, 0.2) is 42.6 Å². The van der Waals surface area contributed by atoms with E-state index in [0.717, 1.165) is 11.1 Å². The second kappa shape index (κ2) is 7.82. The fourth-order valence-corrected chi connectivity index (χ4v) is 2.78. The van der Waals surface area contributed by atoms with Crippen molar-refractivity contribution in [1.82, 2.24) is 9.97 Å². The van der Waals surface area contributed by atoms with E-state index in [1.165, 1.54) is 6.20 Å². The third kappa shape index (κ3) is 4.13. The first kappa shape index (κ1) is 18.9. The summed E-state index contributed by atoms with van der Waals surface area (Å²) in [5, 5.41) is 9.77. The molecule has 1 N–H and O–H groups in total. The molecule has 0 bridgehead atoms. The van der Waals surface area contributed by atoms with E-state index in [0.29, 0.717) is 21.4 Å². The molecule has 138 valence electrons. The molecular formula is C19H14Cl2N2O4. The lowest BCUT2D eigenvalue weighted by Crippen LogP contribution is -2.06. The molecule has 0 radical (unpaired) electrons. The summed E-state index contributed by atoms with van der Waals surface area (Å²) in [6, 6.07) is 10.8. The molecule has 6 nitrogen and oxygen atoms in total. The molecule has 1 aromatic heterocycles. The van der Waals surface area contributed by atoms with Gasteiger partial charge in [-0.15, -0.1) is 0 Å². The van der Waals surface area contributed by atoms with Gasteiger partial charge in [-0.1, -0.05) is 53.5 Å². The quantitative estimate of drug-likeness (QED) is 0.543. The molecule has 0 saturated heterocycles. The van der Waals surface area contributed by atoms with E-state index in [1.54, 1.807) is 13.0 Å². The van der Waals surface area contributed by atoms with Crippen LogP contribution in [-0.4, -0.2) is 21.2 Å². The van der Waals surface area contributed by atoms with Crippen LogP contribution < -0.4 is 9.47 Å². The fraction of sp³-hybridized carbons (Fsp3) is 0.105. The topological polar surface area (TPSA) is 81.5 Å². The summed E-state index contributed by atoms with van der Waals surface area (Å²) in [5.41, 5.74) is 2.14.